The fraction of sp³-hybridized carbons (Fsp3) is 0.500. The van der Waals surface area contributed by atoms with E-state index in [1.807, 2.05) is 12.1 Å². The van der Waals surface area contributed by atoms with E-state index in [0.717, 1.165) is 12.0 Å². The van der Waals surface area contributed by atoms with Crippen molar-refractivity contribution in [3.05, 3.63) is 34.9 Å². The minimum Gasteiger partial charge on any atom is -0.388 e. The van der Waals surface area contributed by atoms with Crippen molar-refractivity contribution < 1.29 is 5.11 Å². The van der Waals surface area contributed by atoms with Crippen LogP contribution in [0.4, 0.5) is 0 Å². The predicted octanol–water partition coefficient (Wildman–Crippen LogP) is 1.56. The van der Waals surface area contributed by atoms with Crippen molar-refractivity contribution in [2.75, 3.05) is 6.54 Å². The third-order valence-corrected chi connectivity index (χ3v) is 2.98. The summed E-state index contributed by atoms with van der Waals surface area (Å²) in [5.41, 5.74) is 9.34. The summed E-state index contributed by atoms with van der Waals surface area (Å²) in [6.45, 7) is 0.546. The highest BCUT2D eigenvalue weighted by Crippen LogP contribution is 2.29. The van der Waals surface area contributed by atoms with Gasteiger partial charge in [0, 0.05) is 0 Å². The van der Waals surface area contributed by atoms with Crippen LogP contribution in [0.2, 0.25) is 0 Å². The third-order valence-electron chi connectivity index (χ3n) is 2.98. The molecule has 1 aromatic carbocycles. The summed E-state index contributed by atoms with van der Waals surface area (Å²) in [6, 6.07) is 6.24. The van der Waals surface area contributed by atoms with Gasteiger partial charge >= 0.3 is 0 Å². The number of aliphatic hydroxyl groups excluding tert-OH is 1. The standard InChI is InChI=1S/C12H17NO/c13-8-7-12(14)11-6-2-4-9-3-1-5-10(9)11/h2,4,6,12,14H,1,3,5,7-8,13H2/t12-/m0/s1. The molecule has 1 aliphatic rings. The smallest absolute Gasteiger partial charge is 0.0804 e. The number of fused-ring (bicyclic) bond motifs is 1. The maximum atomic E-state index is 9.90. The summed E-state index contributed by atoms with van der Waals surface area (Å²) in [6.07, 6.45) is 3.80. The Bertz CT molecular complexity index is 322. The van der Waals surface area contributed by atoms with Crippen molar-refractivity contribution in [2.24, 2.45) is 5.73 Å². The van der Waals surface area contributed by atoms with Crippen LogP contribution < -0.4 is 5.73 Å². The predicted molar refractivity (Wildman–Crippen MR) is 57.1 cm³/mol. The number of hydrogen-bond donors (Lipinski definition) is 2. The van der Waals surface area contributed by atoms with Gasteiger partial charge in [0.2, 0.25) is 0 Å². The summed E-state index contributed by atoms with van der Waals surface area (Å²) in [5.74, 6) is 0. The van der Waals surface area contributed by atoms with Gasteiger partial charge in [0.15, 0.2) is 0 Å². The molecule has 2 nitrogen and oxygen atoms in total. The van der Waals surface area contributed by atoms with Crippen molar-refractivity contribution in [3.63, 3.8) is 0 Å². The molecule has 0 saturated heterocycles. The minimum atomic E-state index is -0.368. The average molecular weight is 191 g/mol. The Morgan fingerprint density at radius 1 is 1.36 bits per heavy atom. The summed E-state index contributed by atoms with van der Waals surface area (Å²) >= 11 is 0. The fourth-order valence-electron chi connectivity index (χ4n) is 2.27. The van der Waals surface area contributed by atoms with Crippen molar-refractivity contribution in [1.29, 1.82) is 0 Å². The third kappa shape index (κ3) is 1.68. The molecule has 0 aliphatic heterocycles. The van der Waals surface area contributed by atoms with Gasteiger partial charge in [-0.3, -0.25) is 0 Å². The first-order valence-electron chi connectivity index (χ1n) is 5.31. The number of nitrogens with two attached hydrogens (primary N) is 1. The van der Waals surface area contributed by atoms with Crippen molar-refractivity contribution in [3.8, 4) is 0 Å². The Hall–Kier alpha value is -0.860. The average Bonchev–Trinajstić information content (AvgIpc) is 2.65. The molecule has 0 heterocycles. The molecule has 0 radical (unpaired) electrons. The maximum absolute atomic E-state index is 9.90. The van der Waals surface area contributed by atoms with Gasteiger partial charge in [0.25, 0.3) is 0 Å². The van der Waals surface area contributed by atoms with Crippen molar-refractivity contribution >= 4 is 0 Å². The lowest BCUT2D eigenvalue weighted by atomic mass is 9.97. The van der Waals surface area contributed by atoms with E-state index in [1.54, 1.807) is 0 Å². The van der Waals surface area contributed by atoms with Gasteiger partial charge in [0.1, 0.15) is 0 Å². The van der Waals surface area contributed by atoms with Gasteiger partial charge < -0.3 is 10.8 Å². The highest BCUT2D eigenvalue weighted by molar-refractivity contribution is 5.39. The van der Waals surface area contributed by atoms with E-state index in [1.165, 1.54) is 24.0 Å². The first-order valence-corrected chi connectivity index (χ1v) is 5.31. The van der Waals surface area contributed by atoms with E-state index < -0.39 is 0 Å². The molecule has 0 unspecified atom stereocenters. The minimum absolute atomic E-state index is 0.368. The van der Waals surface area contributed by atoms with E-state index in [9.17, 15) is 5.11 Å². The van der Waals surface area contributed by atoms with Gasteiger partial charge in [-0.25, -0.2) is 0 Å². The second kappa shape index (κ2) is 4.11. The number of benzene rings is 1. The molecule has 2 heteroatoms. The molecule has 1 aliphatic carbocycles. The molecule has 76 valence electrons. The second-order valence-corrected chi connectivity index (χ2v) is 3.93. The highest BCUT2D eigenvalue weighted by atomic mass is 16.3. The Morgan fingerprint density at radius 2 is 2.21 bits per heavy atom. The lowest BCUT2D eigenvalue weighted by molar-refractivity contribution is 0.169. The van der Waals surface area contributed by atoms with Crippen LogP contribution in [0, 0.1) is 0 Å². The summed E-state index contributed by atoms with van der Waals surface area (Å²) < 4.78 is 0. The van der Waals surface area contributed by atoms with Gasteiger partial charge in [-0.15, -0.1) is 0 Å². The van der Waals surface area contributed by atoms with Gasteiger partial charge in [-0.05, 0) is 48.9 Å². The van der Waals surface area contributed by atoms with Crippen LogP contribution in [-0.4, -0.2) is 11.7 Å². The lowest BCUT2D eigenvalue weighted by Crippen LogP contribution is -2.08. The molecule has 0 saturated carbocycles. The number of aryl methyl sites for hydroxylation is 1. The monoisotopic (exact) mass is 191 g/mol. The summed E-state index contributed by atoms with van der Waals surface area (Å²) in [4.78, 5) is 0. The van der Waals surface area contributed by atoms with Crippen LogP contribution in [0.25, 0.3) is 0 Å². The molecule has 0 aromatic heterocycles. The Kier molecular flexibility index (Phi) is 2.85. The normalized spacial score (nSPS) is 16.7. The van der Waals surface area contributed by atoms with Crippen LogP contribution in [0.1, 0.15) is 35.6 Å². The van der Waals surface area contributed by atoms with Crippen molar-refractivity contribution in [1.82, 2.24) is 0 Å². The lowest BCUT2D eigenvalue weighted by Gasteiger charge is -2.14. The number of hydrogen-bond acceptors (Lipinski definition) is 2. The molecule has 14 heavy (non-hydrogen) atoms. The Labute approximate surface area is 84.7 Å². The quantitative estimate of drug-likeness (QED) is 0.761. The number of rotatable bonds is 3. The molecule has 0 amide bonds. The Morgan fingerprint density at radius 3 is 3.00 bits per heavy atom. The fourth-order valence-corrected chi connectivity index (χ4v) is 2.27. The van der Waals surface area contributed by atoms with Crippen LogP contribution in [0.15, 0.2) is 18.2 Å². The zero-order valence-electron chi connectivity index (χ0n) is 8.37. The second-order valence-electron chi connectivity index (χ2n) is 3.93. The van der Waals surface area contributed by atoms with Crippen molar-refractivity contribution in [2.45, 2.75) is 31.8 Å². The zero-order chi connectivity index (χ0) is 9.97. The summed E-state index contributed by atoms with van der Waals surface area (Å²) in [5, 5.41) is 9.90. The number of aliphatic hydroxyl groups is 1. The molecule has 1 aromatic rings. The summed E-state index contributed by atoms with van der Waals surface area (Å²) in [7, 11) is 0. The van der Waals surface area contributed by atoms with E-state index in [4.69, 9.17) is 5.73 Å². The van der Waals surface area contributed by atoms with E-state index in [0.29, 0.717) is 13.0 Å². The van der Waals surface area contributed by atoms with Gasteiger partial charge in [-0.2, -0.15) is 0 Å². The molecule has 0 spiro atoms. The largest absolute Gasteiger partial charge is 0.388 e. The van der Waals surface area contributed by atoms with E-state index in [2.05, 4.69) is 6.07 Å². The van der Waals surface area contributed by atoms with E-state index >= 15 is 0 Å². The van der Waals surface area contributed by atoms with Crippen LogP contribution >= 0.6 is 0 Å². The molecule has 0 fully saturated rings. The SMILES string of the molecule is NCC[C@H](O)c1cccc2c1CCC2. The van der Waals surface area contributed by atoms with E-state index in [-0.39, 0.29) is 6.10 Å². The Balaban J connectivity index is 2.29. The maximum Gasteiger partial charge on any atom is 0.0804 e. The molecule has 2 rings (SSSR count). The topological polar surface area (TPSA) is 46.2 Å². The van der Waals surface area contributed by atoms with Gasteiger partial charge in [0.05, 0.1) is 6.10 Å². The molecule has 1 atom stereocenters. The van der Waals surface area contributed by atoms with Crippen LogP contribution in [-0.2, 0) is 12.8 Å². The molecule has 0 bridgehead atoms. The molecule has 3 N–H and O–H groups in total. The van der Waals surface area contributed by atoms with Crippen LogP contribution in [0.5, 0.6) is 0 Å². The highest BCUT2D eigenvalue weighted by Gasteiger charge is 2.18. The molecular formula is C12H17NO. The zero-order valence-corrected chi connectivity index (χ0v) is 8.37. The van der Waals surface area contributed by atoms with Crippen LogP contribution in [0.3, 0.4) is 0 Å². The first-order chi connectivity index (χ1) is 6.83. The molecular weight excluding hydrogens is 174 g/mol. The first kappa shape index (κ1) is 9.69. The van der Waals surface area contributed by atoms with Gasteiger partial charge in [-0.1, -0.05) is 18.2 Å².